The number of benzene rings is 2. The Kier molecular flexibility index (Phi) is 3.29. The van der Waals surface area contributed by atoms with E-state index in [1.807, 2.05) is 32.0 Å². The maximum absolute atomic E-state index is 11.5. The average molecular weight is 284 g/mol. The molecule has 0 aromatic heterocycles. The number of rotatable bonds is 2. The van der Waals surface area contributed by atoms with E-state index in [4.69, 9.17) is 9.47 Å². The largest absolute Gasteiger partial charge is 0.486 e. The van der Waals surface area contributed by atoms with E-state index in [2.05, 4.69) is 6.07 Å². The molecule has 0 amide bonds. The summed E-state index contributed by atoms with van der Waals surface area (Å²) in [5, 5.41) is 9.39. The Bertz CT molecular complexity index is 699. The van der Waals surface area contributed by atoms with Crippen LogP contribution in [0.15, 0.2) is 30.3 Å². The molecule has 4 nitrogen and oxygen atoms in total. The van der Waals surface area contributed by atoms with E-state index in [1.165, 1.54) is 0 Å². The summed E-state index contributed by atoms with van der Waals surface area (Å²) in [5.41, 5.74) is 4.21. The third kappa shape index (κ3) is 2.57. The molecule has 0 saturated heterocycles. The molecule has 0 spiro atoms. The zero-order valence-corrected chi connectivity index (χ0v) is 12.0. The smallest absolute Gasteiger partial charge is 0.339 e. The van der Waals surface area contributed by atoms with Gasteiger partial charge in [-0.05, 0) is 37.1 Å². The number of fused-ring (bicyclic) bond motifs is 1. The van der Waals surface area contributed by atoms with Crippen molar-refractivity contribution in [1.29, 1.82) is 0 Å². The first-order chi connectivity index (χ1) is 10.0. The minimum Gasteiger partial charge on any atom is -0.486 e. The van der Waals surface area contributed by atoms with Gasteiger partial charge in [-0.15, -0.1) is 0 Å². The summed E-state index contributed by atoms with van der Waals surface area (Å²) < 4.78 is 11.0. The summed E-state index contributed by atoms with van der Waals surface area (Å²) >= 11 is 0. The van der Waals surface area contributed by atoms with Gasteiger partial charge in [0, 0.05) is 0 Å². The Morgan fingerprint density at radius 1 is 0.952 bits per heavy atom. The van der Waals surface area contributed by atoms with Gasteiger partial charge in [0.05, 0.1) is 0 Å². The SMILES string of the molecule is Cc1cc(C)cc(-c2cc3c(c(C(=O)O)c2)OCCO3)c1. The third-order valence-electron chi connectivity index (χ3n) is 3.43. The fourth-order valence-electron chi connectivity index (χ4n) is 2.62. The molecule has 4 heteroatoms. The van der Waals surface area contributed by atoms with E-state index in [-0.39, 0.29) is 5.56 Å². The Morgan fingerprint density at radius 2 is 1.57 bits per heavy atom. The molecule has 0 atom stereocenters. The third-order valence-corrected chi connectivity index (χ3v) is 3.43. The first-order valence-corrected chi connectivity index (χ1v) is 6.80. The van der Waals surface area contributed by atoms with Crippen molar-refractivity contribution in [1.82, 2.24) is 0 Å². The van der Waals surface area contributed by atoms with Crippen LogP contribution in [0.25, 0.3) is 11.1 Å². The molecule has 1 N–H and O–H groups in total. The molecular weight excluding hydrogens is 268 g/mol. The molecule has 0 bridgehead atoms. The summed E-state index contributed by atoms with van der Waals surface area (Å²) in [6.07, 6.45) is 0. The van der Waals surface area contributed by atoms with E-state index >= 15 is 0 Å². The van der Waals surface area contributed by atoms with Crippen LogP contribution in [-0.4, -0.2) is 24.3 Å². The molecule has 2 aromatic rings. The highest BCUT2D eigenvalue weighted by Crippen LogP contribution is 2.38. The highest BCUT2D eigenvalue weighted by Gasteiger charge is 2.22. The lowest BCUT2D eigenvalue weighted by molar-refractivity contribution is 0.0686. The van der Waals surface area contributed by atoms with E-state index in [9.17, 15) is 9.90 Å². The number of aryl methyl sites for hydroxylation is 2. The summed E-state index contributed by atoms with van der Waals surface area (Å²) in [6, 6.07) is 9.63. The number of ether oxygens (including phenoxy) is 2. The molecule has 1 aliphatic heterocycles. The lowest BCUT2D eigenvalue weighted by atomic mass is 9.98. The Morgan fingerprint density at radius 3 is 2.24 bits per heavy atom. The Hall–Kier alpha value is -2.49. The molecule has 2 aromatic carbocycles. The second kappa shape index (κ2) is 5.13. The minimum atomic E-state index is -1.01. The van der Waals surface area contributed by atoms with Crippen LogP contribution in [0.1, 0.15) is 21.5 Å². The summed E-state index contributed by atoms with van der Waals surface area (Å²) in [4.78, 5) is 11.5. The van der Waals surface area contributed by atoms with Crippen molar-refractivity contribution in [3.63, 3.8) is 0 Å². The van der Waals surface area contributed by atoms with Gasteiger partial charge >= 0.3 is 5.97 Å². The first kappa shape index (κ1) is 13.5. The van der Waals surface area contributed by atoms with Gasteiger partial charge in [0.25, 0.3) is 0 Å². The van der Waals surface area contributed by atoms with Crippen LogP contribution in [0, 0.1) is 13.8 Å². The normalized spacial score (nSPS) is 13.0. The molecule has 3 rings (SSSR count). The molecule has 0 unspecified atom stereocenters. The maximum atomic E-state index is 11.5. The first-order valence-electron chi connectivity index (χ1n) is 6.80. The van der Waals surface area contributed by atoms with E-state index in [0.29, 0.717) is 24.7 Å². The molecule has 1 aliphatic rings. The molecule has 0 radical (unpaired) electrons. The molecule has 0 aliphatic carbocycles. The number of carbonyl (C=O) groups is 1. The van der Waals surface area contributed by atoms with Gasteiger partial charge in [0.1, 0.15) is 18.8 Å². The second-order valence-corrected chi connectivity index (χ2v) is 5.23. The molecule has 108 valence electrons. The van der Waals surface area contributed by atoms with Crippen molar-refractivity contribution >= 4 is 5.97 Å². The predicted molar refractivity (Wildman–Crippen MR) is 79.3 cm³/mol. The number of hydrogen-bond donors (Lipinski definition) is 1. The molecule has 21 heavy (non-hydrogen) atoms. The van der Waals surface area contributed by atoms with E-state index in [0.717, 1.165) is 22.3 Å². The summed E-state index contributed by atoms with van der Waals surface area (Å²) in [7, 11) is 0. The predicted octanol–water partition coefficient (Wildman–Crippen LogP) is 3.44. The van der Waals surface area contributed by atoms with Gasteiger partial charge in [-0.1, -0.05) is 29.3 Å². The fourth-order valence-corrected chi connectivity index (χ4v) is 2.62. The van der Waals surface area contributed by atoms with Gasteiger partial charge in [0.15, 0.2) is 11.5 Å². The van der Waals surface area contributed by atoms with Crippen LogP contribution in [0.2, 0.25) is 0 Å². The summed E-state index contributed by atoms with van der Waals surface area (Å²) in [6.45, 7) is 4.85. The molecule has 0 fully saturated rings. The molecule has 0 saturated carbocycles. The summed E-state index contributed by atoms with van der Waals surface area (Å²) in [5.74, 6) is -0.194. The van der Waals surface area contributed by atoms with Crippen molar-refractivity contribution in [2.24, 2.45) is 0 Å². The van der Waals surface area contributed by atoms with Crippen LogP contribution in [0.4, 0.5) is 0 Å². The second-order valence-electron chi connectivity index (χ2n) is 5.23. The van der Waals surface area contributed by atoms with Gasteiger partial charge in [-0.3, -0.25) is 0 Å². The van der Waals surface area contributed by atoms with Crippen LogP contribution in [-0.2, 0) is 0 Å². The van der Waals surface area contributed by atoms with Crippen molar-refractivity contribution in [2.75, 3.05) is 13.2 Å². The topological polar surface area (TPSA) is 55.8 Å². The van der Waals surface area contributed by atoms with Crippen molar-refractivity contribution < 1.29 is 19.4 Å². The number of hydrogen-bond acceptors (Lipinski definition) is 3. The molecular formula is C17H16O4. The van der Waals surface area contributed by atoms with Crippen LogP contribution >= 0.6 is 0 Å². The van der Waals surface area contributed by atoms with Crippen molar-refractivity contribution in [3.8, 4) is 22.6 Å². The van der Waals surface area contributed by atoms with Gasteiger partial charge in [-0.25, -0.2) is 4.79 Å². The Labute approximate surface area is 122 Å². The zero-order valence-electron chi connectivity index (χ0n) is 12.0. The van der Waals surface area contributed by atoms with E-state index < -0.39 is 5.97 Å². The minimum absolute atomic E-state index is 0.140. The van der Waals surface area contributed by atoms with Gasteiger partial charge in [0.2, 0.25) is 0 Å². The van der Waals surface area contributed by atoms with Crippen LogP contribution in [0.5, 0.6) is 11.5 Å². The number of carboxylic acids is 1. The lowest BCUT2D eigenvalue weighted by Gasteiger charge is -2.21. The van der Waals surface area contributed by atoms with Gasteiger partial charge < -0.3 is 14.6 Å². The van der Waals surface area contributed by atoms with Crippen LogP contribution < -0.4 is 9.47 Å². The Balaban J connectivity index is 2.19. The van der Waals surface area contributed by atoms with Crippen molar-refractivity contribution in [3.05, 3.63) is 47.0 Å². The average Bonchev–Trinajstić information content (AvgIpc) is 2.45. The maximum Gasteiger partial charge on any atom is 0.339 e. The van der Waals surface area contributed by atoms with Gasteiger partial charge in [-0.2, -0.15) is 0 Å². The zero-order chi connectivity index (χ0) is 15.0. The van der Waals surface area contributed by atoms with Crippen LogP contribution in [0.3, 0.4) is 0 Å². The highest BCUT2D eigenvalue weighted by molar-refractivity contribution is 5.94. The highest BCUT2D eigenvalue weighted by atomic mass is 16.6. The molecule has 1 heterocycles. The lowest BCUT2D eigenvalue weighted by Crippen LogP contribution is -2.18. The number of aromatic carboxylic acids is 1. The number of carboxylic acid groups (broad SMARTS) is 1. The fraction of sp³-hybridized carbons (Fsp3) is 0.235. The van der Waals surface area contributed by atoms with E-state index in [1.54, 1.807) is 6.07 Å². The quantitative estimate of drug-likeness (QED) is 0.917. The standard InChI is InChI=1S/C17H16O4/c1-10-5-11(2)7-12(6-10)13-8-14(17(18)19)16-15(9-13)20-3-4-21-16/h5-9H,3-4H2,1-2H3,(H,18,19). The monoisotopic (exact) mass is 284 g/mol. The van der Waals surface area contributed by atoms with Crippen molar-refractivity contribution in [2.45, 2.75) is 13.8 Å².